The van der Waals surface area contributed by atoms with Crippen molar-refractivity contribution in [1.82, 2.24) is 19.5 Å². The van der Waals surface area contributed by atoms with Gasteiger partial charge in [-0.05, 0) is 67.9 Å². The molecule has 176 valence electrons. The van der Waals surface area contributed by atoms with Crippen molar-refractivity contribution < 1.29 is 9.84 Å². The molecule has 0 amide bonds. The van der Waals surface area contributed by atoms with E-state index >= 15 is 0 Å². The summed E-state index contributed by atoms with van der Waals surface area (Å²) < 4.78 is 7.72. The van der Waals surface area contributed by atoms with E-state index in [1.807, 2.05) is 26.0 Å². The number of nitrogens with zero attached hydrogens (tertiary/aromatic N) is 4. The highest BCUT2D eigenvalue weighted by Crippen LogP contribution is 2.30. The molecule has 0 aromatic carbocycles. The van der Waals surface area contributed by atoms with Crippen LogP contribution in [0.2, 0.25) is 5.02 Å². The van der Waals surface area contributed by atoms with Crippen LogP contribution in [0.25, 0.3) is 17.1 Å². The summed E-state index contributed by atoms with van der Waals surface area (Å²) in [7, 11) is 0. The summed E-state index contributed by atoms with van der Waals surface area (Å²) in [6, 6.07) is 9.21. The molecular weight excluding hydrogens is 540 g/mol. The second-order valence-corrected chi connectivity index (χ2v) is 10.8. The smallest absolute Gasteiger partial charge is 0.273 e. The molecule has 34 heavy (non-hydrogen) atoms. The van der Waals surface area contributed by atoms with E-state index < -0.39 is 5.60 Å². The van der Waals surface area contributed by atoms with Gasteiger partial charge in [-0.15, -0.1) is 11.3 Å². The first-order valence-corrected chi connectivity index (χ1v) is 12.4. The number of rotatable bonds is 6. The molecule has 0 radical (unpaired) electrons. The van der Waals surface area contributed by atoms with Gasteiger partial charge in [0.05, 0.1) is 22.1 Å². The van der Waals surface area contributed by atoms with Gasteiger partial charge in [-0.25, -0.2) is 9.97 Å². The van der Waals surface area contributed by atoms with E-state index in [0.717, 1.165) is 4.88 Å². The van der Waals surface area contributed by atoms with E-state index in [-0.39, 0.29) is 11.4 Å². The molecule has 0 fully saturated rings. The molecule has 10 heteroatoms. The topological polar surface area (TPSA) is 90.1 Å². The molecule has 1 N–H and O–H groups in total. The zero-order valence-electron chi connectivity index (χ0n) is 19.0. The Kier molecular flexibility index (Phi) is 6.91. The molecule has 0 aliphatic carbocycles. The molecule has 0 atom stereocenters. The zero-order chi connectivity index (χ0) is 24.6. The Balaban J connectivity index is 1.73. The van der Waals surface area contributed by atoms with Crippen LogP contribution in [0, 0.1) is 13.8 Å². The van der Waals surface area contributed by atoms with Crippen molar-refractivity contribution >= 4 is 38.9 Å². The van der Waals surface area contributed by atoms with Gasteiger partial charge in [0.25, 0.3) is 5.56 Å². The second-order valence-electron chi connectivity index (χ2n) is 8.25. The van der Waals surface area contributed by atoms with E-state index in [0.29, 0.717) is 44.6 Å². The third-order valence-electron chi connectivity index (χ3n) is 5.01. The van der Waals surface area contributed by atoms with Crippen LogP contribution < -0.4 is 10.3 Å². The third-order valence-corrected chi connectivity index (χ3v) is 7.00. The predicted molar refractivity (Wildman–Crippen MR) is 137 cm³/mol. The van der Waals surface area contributed by atoms with Crippen molar-refractivity contribution in [1.29, 1.82) is 0 Å². The van der Waals surface area contributed by atoms with Gasteiger partial charge < -0.3 is 9.84 Å². The maximum atomic E-state index is 13.3. The first-order chi connectivity index (χ1) is 16.0. The first-order valence-electron chi connectivity index (χ1n) is 10.4. The lowest BCUT2D eigenvalue weighted by Gasteiger charge is -2.17. The molecule has 4 aromatic heterocycles. The molecule has 0 aliphatic rings. The summed E-state index contributed by atoms with van der Waals surface area (Å²) in [6.45, 7) is 7.43. The number of hydrogen-bond acceptors (Lipinski definition) is 7. The Morgan fingerprint density at radius 1 is 1.18 bits per heavy atom. The number of hydrogen-bond donors (Lipinski definition) is 1. The van der Waals surface area contributed by atoms with Crippen LogP contribution in [0.5, 0.6) is 5.75 Å². The quantitative estimate of drug-likeness (QED) is 0.330. The Morgan fingerprint density at radius 3 is 2.62 bits per heavy atom. The van der Waals surface area contributed by atoms with Crippen molar-refractivity contribution in [3.05, 3.63) is 83.8 Å². The lowest BCUT2D eigenvalue weighted by molar-refractivity contribution is 0.0688. The second kappa shape index (κ2) is 9.58. The number of pyridine rings is 2. The summed E-state index contributed by atoms with van der Waals surface area (Å²) in [5.74, 6) is 0.725. The predicted octanol–water partition coefficient (Wildman–Crippen LogP) is 5.59. The molecule has 4 rings (SSSR count). The molecule has 4 aromatic rings. The number of aliphatic hydroxyl groups is 1. The minimum Gasteiger partial charge on any atom is -0.487 e. The highest BCUT2D eigenvalue weighted by molar-refractivity contribution is 9.10. The summed E-state index contributed by atoms with van der Waals surface area (Å²) in [5.41, 5.74) is 0.574. The molecule has 0 bridgehead atoms. The van der Waals surface area contributed by atoms with E-state index in [1.54, 1.807) is 49.6 Å². The van der Waals surface area contributed by atoms with Crippen molar-refractivity contribution in [2.45, 2.75) is 39.9 Å². The number of aromatic nitrogens is 4. The zero-order valence-corrected chi connectivity index (χ0v) is 22.1. The summed E-state index contributed by atoms with van der Waals surface area (Å²) >= 11 is 11.5. The summed E-state index contributed by atoms with van der Waals surface area (Å²) in [6.07, 6.45) is 3.03. The highest BCUT2D eigenvalue weighted by Gasteiger charge is 2.21. The fraction of sp³-hybridized carbons (Fsp3) is 0.250. The molecule has 4 heterocycles. The van der Waals surface area contributed by atoms with Gasteiger partial charge in [0, 0.05) is 33.9 Å². The van der Waals surface area contributed by atoms with Crippen LogP contribution in [0.4, 0.5) is 0 Å². The summed E-state index contributed by atoms with van der Waals surface area (Å²) in [5, 5.41) is 10.6. The Morgan fingerprint density at radius 2 is 1.94 bits per heavy atom. The summed E-state index contributed by atoms with van der Waals surface area (Å²) in [4.78, 5) is 28.5. The van der Waals surface area contributed by atoms with Gasteiger partial charge in [-0.2, -0.15) is 0 Å². The SMILES string of the molecule is Cc1ccc(COc2cc(C)n(-c3cc(-c4ccnc(C(C)(C)O)n4)ncc3Cl)c(=O)c2Br)s1. The van der Waals surface area contributed by atoms with Crippen LogP contribution in [0.1, 0.15) is 35.1 Å². The van der Waals surface area contributed by atoms with Crippen molar-refractivity contribution in [2.75, 3.05) is 0 Å². The molecule has 0 saturated carbocycles. The molecule has 0 aliphatic heterocycles. The minimum absolute atomic E-state index is 0.266. The van der Waals surface area contributed by atoms with Crippen LogP contribution in [-0.2, 0) is 12.2 Å². The van der Waals surface area contributed by atoms with E-state index in [9.17, 15) is 9.90 Å². The average Bonchev–Trinajstić information content (AvgIpc) is 3.21. The monoisotopic (exact) mass is 560 g/mol. The fourth-order valence-corrected chi connectivity index (χ4v) is 4.73. The van der Waals surface area contributed by atoms with Gasteiger partial charge in [0.15, 0.2) is 5.82 Å². The lowest BCUT2D eigenvalue weighted by atomic mass is 10.1. The maximum absolute atomic E-state index is 13.3. The van der Waals surface area contributed by atoms with E-state index in [4.69, 9.17) is 16.3 Å². The first kappa shape index (κ1) is 24.5. The van der Waals surface area contributed by atoms with Crippen LogP contribution >= 0.6 is 38.9 Å². The third kappa shape index (κ3) is 5.07. The van der Waals surface area contributed by atoms with Gasteiger partial charge in [-0.1, -0.05) is 11.6 Å². The largest absolute Gasteiger partial charge is 0.487 e. The fourth-order valence-electron chi connectivity index (χ4n) is 3.33. The molecule has 0 unspecified atom stereocenters. The molecule has 7 nitrogen and oxygen atoms in total. The average molecular weight is 562 g/mol. The van der Waals surface area contributed by atoms with E-state index in [2.05, 4.69) is 30.9 Å². The number of ether oxygens (including phenoxy) is 1. The standard InChI is InChI=1S/C24H22BrClN4O3S/c1-13-9-20(33-12-15-6-5-14(2)34-15)21(25)22(31)30(13)19-10-18(28-11-16(19)26)17-7-8-27-23(29-17)24(3,4)32/h5-11,32H,12H2,1-4H3. The van der Waals surface area contributed by atoms with Crippen LogP contribution in [-0.4, -0.2) is 24.6 Å². The van der Waals surface area contributed by atoms with Crippen LogP contribution in [0.15, 0.2) is 52.0 Å². The number of thiophene rings is 1. The number of aryl methyl sites for hydroxylation is 2. The Hall–Kier alpha value is -2.59. The Bertz CT molecular complexity index is 1430. The van der Waals surface area contributed by atoms with E-state index in [1.165, 1.54) is 15.6 Å². The van der Waals surface area contributed by atoms with Crippen molar-refractivity contribution in [3.8, 4) is 22.8 Å². The Labute approximate surface area is 214 Å². The lowest BCUT2D eigenvalue weighted by Crippen LogP contribution is -2.22. The van der Waals surface area contributed by atoms with Gasteiger partial charge >= 0.3 is 0 Å². The van der Waals surface area contributed by atoms with Gasteiger partial charge in [0.1, 0.15) is 22.4 Å². The molecular formula is C24H22BrClN4O3S. The van der Waals surface area contributed by atoms with Gasteiger partial charge in [-0.3, -0.25) is 14.3 Å². The van der Waals surface area contributed by atoms with Gasteiger partial charge in [0.2, 0.25) is 0 Å². The minimum atomic E-state index is -1.21. The maximum Gasteiger partial charge on any atom is 0.273 e. The van der Waals surface area contributed by atoms with Crippen molar-refractivity contribution in [3.63, 3.8) is 0 Å². The molecule has 0 spiro atoms. The number of halogens is 2. The molecule has 0 saturated heterocycles. The van der Waals surface area contributed by atoms with Crippen molar-refractivity contribution in [2.24, 2.45) is 0 Å². The highest BCUT2D eigenvalue weighted by atomic mass is 79.9. The van der Waals surface area contributed by atoms with Crippen LogP contribution in [0.3, 0.4) is 0 Å². The normalized spacial score (nSPS) is 11.6.